The van der Waals surface area contributed by atoms with Crippen LogP contribution in [0.5, 0.6) is 0 Å². The number of nitrogens with one attached hydrogen (secondary N) is 2. The number of rotatable bonds is 3. The summed E-state index contributed by atoms with van der Waals surface area (Å²) < 4.78 is 0. The summed E-state index contributed by atoms with van der Waals surface area (Å²) in [4.78, 5) is 22.4. The zero-order chi connectivity index (χ0) is 13.0. The minimum atomic E-state index is -0.381. The summed E-state index contributed by atoms with van der Waals surface area (Å²) in [5.74, 6) is -0.381. The van der Waals surface area contributed by atoms with Gasteiger partial charge in [-0.1, -0.05) is 0 Å². The lowest BCUT2D eigenvalue weighted by Crippen LogP contribution is -2.25. The first kappa shape index (κ1) is 11.9. The third kappa shape index (κ3) is 2.97. The van der Waals surface area contributed by atoms with Crippen LogP contribution in [0.4, 0.5) is 0 Å². The normalized spacial score (nSPS) is 10.1. The molecule has 0 fully saturated rings. The van der Waals surface area contributed by atoms with E-state index in [2.05, 4.69) is 25.7 Å². The van der Waals surface area contributed by atoms with Crippen molar-refractivity contribution in [3.63, 3.8) is 0 Å². The monoisotopic (exact) mass is 245 g/mol. The minimum Gasteiger partial charge on any atom is -0.345 e. The number of aromatic nitrogens is 4. The molecule has 0 spiro atoms. The van der Waals surface area contributed by atoms with Gasteiger partial charge in [0.2, 0.25) is 0 Å². The third-order valence-electron chi connectivity index (χ3n) is 2.19. The van der Waals surface area contributed by atoms with Crippen LogP contribution in [-0.4, -0.2) is 26.3 Å². The highest BCUT2D eigenvalue weighted by Crippen LogP contribution is 1.95. The van der Waals surface area contributed by atoms with Crippen molar-refractivity contribution in [2.45, 2.75) is 13.5 Å². The summed E-state index contributed by atoms with van der Waals surface area (Å²) in [6.45, 7) is 2.09. The first-order chi connectivity index (χ1) is 8.65. The van der Waals surface area contributed by atoms with Gasteiger partial charge in [-0.25, -0.2) is 5.10 Å². The number of carbonyl (C=O) groups excluding carboxylic acids is 1. The van der Waals surface area contributed by atoms with Gasteiger partial charge < -0.3 is 5.32 Å². The highest BCUT2D eigenvalue weighted by atomic mass is 16.2. The van der Waals surface area contributed by atoms with Crippen molar-refractivity contribution in [1.82, 2.24) is 25.7 Å². The molecular formula is C11H11N5O2. The molecule has 7 heteroatoms. The van der Waals surface area contributed by atoms with Crippen molar-refractivity contribution in [3.05, 3.63) is 51.7 Å². The van der Waals surface area contributed by atoms with Gasteiger partial charge in [0.25, 0.3) is 11.5 Å². The zero-order valence-electron chi connectivity index (χ0n) is 9.67. The number of aromatic amines is 1. The maximum absolute atomic E-state index is 11.7. The Morgan fingerprint density at radius 3 is 2.72 bits per heavy atom. The summed E-state index contributed by atoms with van der Waals surface area (Å²) in [5.41, 5.74) is 1.26. The lowest BCUT2D eigenvalue weighted by Gasteiger charge is -2.03. The van der Waals surface area contributed by atoms with Crippen LogP contribution in [0.25, 0.3) is 0 Å². The van der Waals surface area contributed by atoms with Crippen LogP contribution in [0.2, 0.25) is 0 Å². The molecule has 7 nitrogen and oxygen atoms in total. The van der Waals surface area contributed by atoms with Crippen LogP contribution in [0.3, 0.4) is 0 Å². The molecule has 2 aromatic heterocycles. The van der Waals surface area contributed by atoms with Gasteiger partial charge in [0, 0.05) is 6.07 Å². The molecule has 0 aliphatic heterocycles. The molecule has 0 unspecified atom stereocenters. The number of carbonyl (C=O) groups is 1. The van der Waals surface area contributed by atoms with Gasteiger partial charge in [0.15, 0.2) is 0 Å². The first-order valence-corrected chi connectivity index (χ1v) is 5.28. The van der Waals surface area contributed by atoms with Crippen LogP contribution >= 0.6 is 0 Å². The molecule has 0 saturated carbocycles. The summed E-state index contributed by atoms with van der Waals surface area (Å²) in [6, 6.07) is 6.19. The molecule has 2 rings (SSSR count). The molecule has 18 heavy (non-hydrogen) atoms. The van der Waals surface area contributed by atoms with Crippen molar-refractivity contribution < 1.29 is 4.79 Å². The Morgan fingerprint density at radius 1 is 1.28 bits per heavy atom. The van der Waals surface area contributed by atoms with E-state index in [1.165, 1.54) is 12.1 Å². The molecule has 92 valence electrons. The number of hydrogen-bond donors (Lipinski definition) is 2. The first-order valence-electron chi connectivity index (χ1n) is 5.28. The van der Waals surface area contributed by atoms with E-state index in [1.807, 2.05) is 13.0 Å². The average Bonchev–Trinajstić information content (AvgIpc) is 2.38. The fraction of sp³-hybridized carbons (Fsp3) is 0.182. The number of aryl methyl sites for hydroxylation is 1. The van der Waals surface area contributed by atoms with Gasteiger partial charge >= 0.3 is 0 Å². The molecule has 0 radical (unpaired) electrons. The van der Waals surface area contributed by atoms with E-state index >= 15 is 0 Å². The Bertz CT molecular complexity index is 585. The molecule has 2 N–H and O–H groups in total. The van der Waals surface area contributed by atoms with E-state index < -0.39 is 0 Å². The molecule has 0 aliphatic carbocycles. The number of nitrogens with zero attached hydrogens (tertiary/aromatic N) is 3. The molecule has 2 heterocycles. The predicted octanol–water partition coefficient (Wildman–Crippen LogP) is -0.202. The molecule has 0 aromatic carbocycles. The second kappa shape index (κ2) is 5.17. The van der Waals surface area contributed by atoms with Gasteiger partial charge in [0.1, 0.15) is 5.69 Å². The van der Waals surface area contributed by atoms with E-state index in [4.69, 9.17) is 0 Å². The van der Waals surface area contributed by atoms with Crippen LogP contribution in [0, 0.1) is 6.92 Å². The second-order valence-corrected chi connectivity index (χ2v) is 3.66. The van der Waals surface area contributed by atoms with Crippen molar-refractivity contribution in [2.24, 2.45) is 0 Å². The fourth-order valence-corrected chi connectivity index (χ4v) is 1.25. The minimum absolute atomic E-state index is 0.148. The largest absolute Gasteiger partial charge is 0.345 e. The lowest BCUT2D eigenvalue weighted by molar-refractivity contribution is 0.0944. The van der Waals surface area contributed by atoms with Gasteiger partial charge in [-0.2, -0.15) is 15.3 Å². The smallest absolute Gasteiger partial charge is 0.272 e. The van der Waals surface area contributed by atoms with E-state index in [9.17, 15) is 9.59 Å². The standard InChI is InChI=1S/C11H11N5O2/c1-7-2-3-8(14-13-7)6-12-11(18)9-4-5-10(17)16-15-9/h2-5H,6H2,1H3,(H,12,18)(H,16,17). The maximum atomic E-state index is 11.7. The molecule has 0 saturated heterocycles. The van der Waals surface area contributed by atoms with Gasteiger partial charge in [-0.15, -0.1) is 0 Å². The Kier molecular flexibility index (Phi) is 3.42. The number of H-pyrrole nitrogens is 1. The average molecular weight is 245 g/mol. The number of hydrogen-bond acceptors (Lipinski definition) is 5. The summed E-state index contributed by atoms with van der Waals surface area (Å²) in [7, 11) is 0. The van der Waals surface area contributed by atoms with Crippen LogP contribution in [0.1, 0.15) is 21.9 Å². The maximum Gasteiger partial charge on any atom is 0.272 e. The topological polar surface area (TPSA) is 101 Å². The van der Waals surface area contributed by atoms with E-state index in [0.29, 0.717) is 5.69 Å². The Labute approximate surface area is 102 Å². The highest BCUT2D eigenvalue weighted by molar-refractivity contribution is 5.91. The van der Waals surface area contributed by atoms with Crippen molar-refractivity contribution in [3.8, 4) is 0 Å². The second-order valence-electron chi connectivity index (χ2n) is 3.66. The van der Waals surface area contributed by atoms with Crippen molar-refractivity contribution >= 4 is 5.91 Å². The summed E-state index contributed by atoms with van der Waals surface area (Å²) in [5, 5.41) is 16.2. The number of amides is 1. The molecule has 1 amide bonds. The third-order valence-corrected chi connectivity index (χ3v) is 2.19. The summed E-state index contributed by atoms with van der Waals surface area (Å²) in [6.07, 6.45) is 0. The fourth-order valence-electron chi connectivity index (χ4n) is 1.25. The quantitative estimate of drug-likeness (QED) is 0.779. The van der Waals surface area contributed by atoms with E-state index in [-0.39, 0.29) is 23.7 Å². The van der Waals surface area contributed by atoms with Crippen molar-refractivity contribution in [1.29, 1.82) is 0 Å². The van der Waals surface area contributed by atoms with Crippen molar-refractivity contribution in [2.75, 3.05) is 0 Å². The zero-order valence-corrected chi connectivity index (χ0v) is 9.67. The molecule has 0 atom stereocenters. The molecular weight excluding hydrogens is 234 g/mol. The lowest BCUT2D eigenvalue weighted by atomic mass is 10.3. The van der Waals surface area contributed by atoms with Crippen LogP contribution in [0.15, 0.2) is 29.1 Å². The molecule has 0 bridgehead atoms. The predicted molar refractivity (Wildman–Crippen MR) is 62.8 cm³/mol. The van der Waals surface area contributed by atoms with Gasteiger partial charge in [-0.05, 0) is 25.1 Å². The Hall–Kier alpha value is -2.57. The van der Waals surface area contributed by atoms with E-state index in [0.717, 1.165) is 5.69 Å². The SMILES string of the molecule is Cc1ccc(CNC(=O)c2ccc(=O)[nH]n2)nn1. The molecule has 2 aromatic rings. The van der Waals surface area contributed by atoms with Gasteiger partial charge in [-0.3, -0.25) is 9.59 Å². The Balaban J connectivity index is 1.98. The van der Waals surface area contributed by atoms with Crippen LogP contribution < -0.4 is 10.9 Å². The van der Waals surface area contributed by atoms with E-state index in [1.54, 1.807) is 6.07 Å². The van der Waals surface area contributed by atoms with Crippen LogP contribution in [-0.2, 0) is 6.54 Å². The van der Waals surface area contributed by atoms with Gasteiger partial charge in [0.05, 0.1) is 17.9 Å². The highest BCUT2D eigenvalue weighted by Gasteiger charge is 2.07. The molecule has 0 aliphatic rings. The summed E-state index contributed by atoms with van der Waals surface area (Å²) >= 11 is 0. The Morgan fingerprint density at radius 2 is 2.11 bits per heavy atom.